The molecule has 0 aliphatic carbocycles. The van der Waals surface area contributed by atoms with Gasteiger partial charge in [-0.3, -0.25) is 14.6 Å². The number of hydrogen-bond acceptors (Lipinski definition) is 7. The third-order valence-corrected chi connectivity index (χ3v) is 6.53. The molecule has 164 valence electrons. The van der Waals surface area contributed by atoms with E-state index in [0.717, 1.165) is 10.6 Å². The van der Waals surface area contributed by atoms with Gasteiger partial charge in [0.2, 0.25) is 5.78 Å². The Balaban J connectivity index is 1.76. The Morgan fingerprint density at radius 1 is 1.16 bits per heavy atom. The summed E-state index contributed by atoms with van der Waals surface area (Å²) in [4.78, 5) is 39.5. The number of Topliss-reactive ketones (excluding diaryl/α,β-unsaturated/α-hetero) is 1. The molecule has 3 aromatic rings. The third-order valence-electron chi connectivity index (χ3n) is 5.33. The summed E-state index contributed by atoms with van der Waals surface area (Å²) >= 11 is 1.26. The molecule has 32 heavy (non-hydrogen) atoms. The Labute approximate surface area is 190 Å². The number of likely N-dealkylation sites (N-methyl/N-ethyl adjacent to an activating group) is 1. The summed E-state index contributed by atoms with van der Waals surface area (Å²) in [6, 6.07) is 14.2. The van der Waals surface area contributed by atoms with Crippen molar-refractivity contribution in [3.05, 3.63) is 82.3 Å². The molecule has 1 atom stereocenters. The quantitative estimate of drug-likeness (QED) is 0.555. The number of rotatable bonds is 7. The van der Waals surface area contributed by atoms with Gasteiger partial charge in [-0.05, 0) is 33.2 Å². The summed E-state index contributed by atoms with van der Waals surface area (Å²) in [5.74, 6) is -1.47. The minimum atomic E-state index is -0.752. The fourth-order valence-electron chi connectivity index (χ4n) is 3.70. The van der Waals surface area contributed by atoms with Crippen molar-refractivity contribution in [1.29, 1.82) is 0 Å². The average molecular weight is 449 g/mol. The Hall–Kier alpha value is -3.36. The predicted octanol–water partition coefficient (Wildman–Crippen LogP) is 3.65. The molecule has 0 spiro atoms. The topological polar surface area (TPSA) is 86.6 Å². The van der Waals surface area contributed by atoms with E-state index in [4.69, 9.17) is 0 Å². The number of benzene rings is 1. The van der Waals surface area contributed by atoms with Crippen LogP contribution in [0.25, 0.3) is 10.6 Å². The number of aryl methyl sites for hydroxylation is 1. The number of ketones is 1. The van der Waals surface area contributed by atoms with Crippen LogP contribution in [-0.4, -0.2) is 63.7 Å². The van der Waals surface area contributed by atoms with Crippen LogP contribution in [0.3, 0.4) is 0 Å². The van der Waals surface area contributed by atoms with Crippen LogP contribution in [0, 0.1) is 6.92 Å². The van der Waals surface area contributed by atoms with Crippen molar-refractivity contribution in [2.75, 3.05) is 27.2 Å². The second kappa shape index (κ2) is 9.02. The monoisotopic (exact) mass is 448 g/mol. The largest absolute Gasteiger partial charge is 0.503 e. The molecule has 4 rings (SSSR count). The summed E-state index contributed by atoms with van der Waals surface area (Å²) < 4.78 is 0. The van der Waals surface area contributed by atoms with Gasteiger partial charge in [-0.1, -0.05) is 36.4 Å². The van der Waals surface area contributed by atoms with Crippen molar-refractivity contribution in [3.8, 4) is 10.6 Å². The molecular formula is C24H24N4O3S. The SMILES string of the molecule is Cc1nc(-c2ccccc2)sc1C(=O)C1=C(O)C(=O)N(CCN(C)C)C1c1ccccn1. The number of amides is 1. The first-order valence-electron chi connectivity index (χ1n) is 10.3. The van der Waals surface area contributed by atoms with Crippen LogP contribution in [0.4, 0.5) is 0 Å². The standard InChI is InChI=1S/C24H24N4O3S/c1-15-22(32-23(26-15)16-9-5-4-6-10-16)20(29)18-19(17-11-7-8-12-25-17)28(14-13-27(2)3)24(31)21(18)30/h4-12,19,30H,13-14H2,1-3H3. The van der Waals surface area contributed by atoms with Gasteiger partial charge in [-0.2, -0.15) is 0 Å². The van der Waals surface area contributed by atoms with Crippen LogP contribution in [0.5, 0.6) is 0 Å². The highest BCUT2D eigenvalue weighted by atomic mass is 32.1. The molecule has 2 aromatic heterocycles. The highest BCUT2D eigenvalue weighted by Crippen LogP contribution is 2.40. The second-order valence-corrected chi connectivity index (χ2v) is 8.85. The minimum Gasteiger partial charge on any atom is -0.503 e. The normalized spacial score (nSPS) is 16.3. The number of carbonyl (C=O) groups is 2. The zero-order valence-electron chi connectivity index (χ0n) is 18.1. The fourth-order valence-corrected chi connectivity index (χ4v) is 4.73. The number of aliphatic hydroxyl groups excluding tert-OH is 1. The van der Waals surface area contributed by atoms with E-state index in [-0.39, 0.29) is 5.57 Å². The van der Waals surface area contributed by atoms with Crippen molar-refractivity contribution in [2.24, 2.45) is 0 Å². The molecule has 0 saturated carbocycles. The lowest BCUT2D eigenvalue weighted by Crippen LogP contribution is -2.37. The van der Waals surface area contributed by atoms with E-state index >= 15 is 0 Å². The average Bonchev–Trinajstić information content (AvgIpc) is 3.31. The highest BCUT2D eigenvalue weighted by molar-refractivity contribution is 7.17. The summed E-state index contributed by atoms with van der Waals surface area (Å²) in [7, 11) is 3.81. The van der Waals surface area contributed by atoms with Crippen LogP contribution in [0.1, 0.15) is 27.1 Å². The molecule has 1 aliphatic rings. The lowest BCUT2D eigenvalue weighted by molar-refractivity contribution is -0.129. The van der Waals surface area contributed by atoms with Crippen LogP contribution in [-0.2, 0) is 4.79 Å². The molecule has 0 radical (unpaired) electrons. The summed E-state index contributed by atoms with van der Waals surface area (Å²) in [5, 5.41) is 11.5. The molecule has 0 fully saturated rings. The number of pyridine rings is 1. The maximum atomic E-state index is 13.7. The Morgan fingerprint density at radius 2 is 1.88 bits per heavy atom. The molecule has 3 heterocycles. The number of nitrogens with zero attached hydrogens (tertiary/aromatic N) is 4. The smallest absolute Gasteiger partial charge is 0.290 e. The van der Waals surface area contributed by atoms with Crippen molar-refractivity contribution < 1.29 is 14.7 Å². The van der Waals surface area contributed by atoms with Gasteiger partial charge in [-0.15, -0.1) is 11.3 Å². The van der Waals surface area contributed by atoms with Crippen LogP contribution >= 0.6 is 11.3 Å². The van der Waals surface area contributed by atoms with Gasteiger partial charge in [0.25, 0.3) is 5.91 Å². The predicted molar refractivity (Wildman–Crippen MR) is 124 cm³/mol. The summed E-state index contributed by atoms with van der Waals surface area (Å²) in [6.07, 6.45) is 1.62. The first kappa shape index (κ1) is 21.9. The van der Waals surface area contributed by atoms with E-state index in [9.17, 15) is 14.7 Å². The van der Waals surface area contributed by atoms with E-state index < -0.39 is 23.5 Å². The minimum absolute atomic E-state index is 0.0545. The van der Waals surface area contributed by atoms with E-state index in [2.05, 4.69) is 9.97 Å². The summed E-state index contributed by atoms with van der Waals surface area (Å²) in [5.41, 5.74) is 2.07. The maximum absolute atomic E-state index is 13.7. The lowest BCUT2D eigenvalue weighted by atomic mass is 9.98. The van der Waals surface area contributed by atoms with Gasteiger partial charge in [0.15, 0.2) is 5.76 Å². The number of carbonyl (C=O) groups excluding carboxylic acids is 2. The Bertz CT molecular complexity index is 1170. The van der Waals surface area contributed by atoms with Crippen molar-refractivity contribution in [2.45, 2.75) is 13.0 Å². The van der Waals surface area contributed by atoms with Crippen molar-refractivity contribution >= 4 is 23.0 Å². The third kappa shape index (κ3) is 4.06. The molecule has 0 bridgehead atoms. The van der Waals surface area contributed by atoms with Gasteiger partial charge in [0, 0.05) is 24.8 Å². The molecule has 8 heteroatoms. The van der Waals surface area contributed by atoms with Crippen LogP contribution in [0.2, 0.25) is 0 Å². The number of aromatic nitrogens is 2. The zero-order chi connectivity index (χ0) is 22.8. The van der Waals surface area contributed by atoms with Crippen molar-refractivity contribution in [3.63, 3.8) is 0 Å². The molecule has 1 aromatic carbocycles. The fraction of sp³-hybridized carbons (Fsp3) is 0.250. The van der Waals surface area contributed by atoms with Gasteiger partial charge < -0.3 is 14.9 Å². The molecule has 1 aliphatic heterocycles. The molecule has 1 unspecified atom stereocenters. The van der Waals surface area contributed by atoms with E-state index in [1.165, 1.54) is 16.2 Å². The second-order valence-electron chi connectivity index (χ2n) is 7.85. The van der Waals surface area contributed by atoms with E-state index in [0.29, 0.717) is 29.4 Å². The Kier molecular flexibility index (Phi) is 6.16. The molecule has 0 saturated heterocycles. The first-order valence-corrected chi connectivity index (χ1v) is 11.1. The van der Waals surface area contributed by atoms with E-state index in [1.807, 2.05) is 49.3 Å². The van der Waals surface area contributed by atoms with E-state index in [1.54, 1.807) is 31.3 Å². The van der Waals surface area contributed by atoms with Crippen molar-refractivity contribution in [1.82, 2.24) is 19.8 Å². The lowest BCUT2D eigenvalue weighted by Gasteiger charge is -2.27. The molecule has 1 N–H and O–H groups in total. The molecule has 1 amide bonds. The van der Waals surface area contributed by atoms with Gasteiger partial charge in [0.05, 0.1) is 21.8 Å². The van der Waals surface area contributed by atoms with Crippen LogP contribution < -0.4 is 0 Å². The highest BCUT2D eigenvalue weighted by Gasteiger charge is 2.45. The van der Waals surface area contributed by atoms with Crippen LogP contribution in [0.15, 0.2) is 66.1 Å². The maximum Gasteiger partial charge on any atom is 0.290 e. The Morgan fingerprint density at radius 3 is 2.53 bits per heavy atom. The molecular weight excluding hydrogens is 424 g/mol. The first-order chi connectivity index (χ1) is 15.4. The van der Waals surface area contributed by atoms with Gasteiger partial charge in [0.1, 0.15) is 11.0 Å². The van der Waals surface area contributed by atoms with Gasteiger partial charge >= 0.3 is 0 Å². The summed E-state index contributed by atoms with van der Waals surface area (Å²) in [6.45, 7) is 2.70. The number of aliphatic hydroxyl groups is 1. The zero-order valence-corrected chi connectivity index (χ0v) is 19.0. The molecule has 7 nitrogen and oxygen atoms in total. The number of thiazole rings is 1. The van der Waals surface area contributed by atoms with Gasteiger partial charge in [-0.25, -0.2) is 4.98 Å². The number of hydrogen-bond donors (Lipinski definition) is 1.